The van der Waals surface area contributed by atoms with E-state index in [9.17, 15) is 4.79 Å². The van der Waals surface area contributed by atoms with Crippen molar-refractivity contribution < 1.29 is 9.90 Å². The number of hydrogen-bond acceptors (Lipinski definition) is 3. The number of carbonyl (C=O) groups is 1. The Bertz CT molecular complexity index is 403. The lowest BCUT2D eigenvalue weighted by Gasteiger charge is -2.30. The van der Waals surface area contributed by atoms with E-state index in [0.717, 1.165) is 31.9 Å². The van der Waals surface area contributed by atoms with Crippen molar-refractivity contribution in [2.24, 2.45) is 0 Å². The van der Waals surface area contributed by atoms with Crippen molar-refractivity contribution in [2.75, 3.05) is 31.1 Å². The van der Waals surface area contributed by atoms with Crippen LogP contribution < -0.4 is 10.2 Å². The number of carboxylic acids is 1. The van der Waals surface area contributed by atoms with Gasteiger partial charge in [0.1, 0.15) is 0 Å². The molecule has 1 fully saturated rings. The van der Waals surface area contributed by atoms with E-state index in [1.54, 1.807) is 12.1 Å². The molecule has 0 atom stereocenters. The summed E-state index contributed by atoms with van der Waals surface area (Å²) in [5.41, 5.74) is 1.14. The van der Waals surface area contributed by atoms with Crippen LogP contribution in [0.4, 0.5) is 5.69 Å². The summed E-state index contributed by atoms with van der Waals surface area (Å²) in [6.45, 7) is 3.65. The number of halogens is 1. The Morgan fingerprint density at radius 2 is 2.06 bits per heavy atom. The minimum Gasteiger partial charge on any atom is -0.478 e. The van der Waals surface area contributed by atoms with Gasteiger partial charge in [0.15, 0.2) is 0 Å². The van der Waals surface area contributed by atoms with Crippen molar-refractivity contribution in [2.45, 2.75) is 0 Å². The number of nitrogens with one attached hydrogen (secondary N) is 1. The van der Waals surface area contributed by atoms with Crippen LogP contribution in [-0.2, 0) is 0 Å². The largest absolute Gasteiger partial charge is 0.478 e. The number of nitrogens with zero attached hydrogens (tertiary/aromatic N) is 1. The van der Waals surface area contributed by atoms with E-state index < -0.39 is 5.97 Å². The molecule has 2 N–H and O–H groups in total. The molecule has 0 saturated carbocycles. The fourth-order valence-corrected chi connectivity index (χ4v) is 2.10. The van der Waals surface area contributed by atoms with E-state index in [4.69, 9.17) is 16.7 Å². The second-order valence-corrected chi connectivity index (χ2v) is 4.12. The summed E-state index contributed by atoms with van der Waals surface area (Å²) in [7, 11) is 0. The second-order valence-electron chi connectivity index (χ2n) is 3.71. The van der Waals surface area contributed by atoms with E-state index in [1.165, 1.54) is 6.07 Å². The maximum atomic E-state index is 10.8. The zero-order valence-electron chi connectivity index (χ0n) is 8.74. The number of aromatic carboxylic acids is 1. The number of rotatable bonds is 2. The maximum absolute atomic E-state index is 10.8. The highest BCUT2D eigenvalue weighted by Crippen LogP contribution is 2.27. The minimum absolute atomic E-state index is 0.226. The molecule has 4 nitrogen and oxygen atoms in total. The maximum Gasteiger partial charge on any atom is 0.335 e. The van der Waals surface area contributed by atoms with Gasteiger partial charge in [-0.05, 0) is 18.2 Å². The first kappa shape index (κ1) is 11.2. The standard InChI is InChI=1S/C11H13ClN2O2/c12-9-7-8(11(15)16)1-2-10(9)14-5-3-13-4-6-14/h1-2,7,13H,3-6H2,(H,15,16). The van der Waals surface area contributed by atoms with Crippen molar-refractivity contribution in [3.05, 3.63) is 28.8 Å². The fourth-order valence-electron chi connectivity index (χ4n) is 1.80. The Hall–Kier alpha value is -1.26. The van der Waals surface area contributed by atoms with Crippen LogP contribution in [0.1, 0.15) is 10.4 Å². The third-order valence-corrected chi connectivity index (χ3v) is 2.96. The molecular weight excluding hydrogens is 228 g/mol. The van der Waals surface area contributed by atoms with Crippen LogP contribution in [0.25, 0.3) is 0 Å². The van der Waals surface area contributed by atoms with Crippen LogP contribution in [0.15, 0.2) is 18.2 Å². The molecule has 0 aromatic heterocycles. The highest BCUT2D eigenvalue weighted by Gasteiger charge is 2.14. The van der Waals surface area contributed by atoms with Crippen LogP contribution in [-0.4, -0.2) is 37.3 Å². The van der Waals surface area contributed by atoms with Crippen LogP contribution in [0, 0.1) is 0 Å². The van der Waals surface area contributed by atoms with E-state index >= 15 is 0 Å². The lowest BCUT2D eigenvalue weighted by atomic mass is 10.2. The minimum atomic E-state index is -0.950. The molecule has 1 saturated heterocycles. The molecule has 2 rings (SSSR count). The van der Waals surface area contributed by atoms with Gasteiger partial charge in [-0.15, -0.1) is 0 Å². The summed E-state index contributed by atoms with van der Waals surface area (Å²) >= 11 is 6.08. The van der Waals surface area contributed by atoms with Crippen molar-refractivity contribution in [3.8, 4) is 0 Å². The molecule has 1 aromatic rings. The molecular formula is C11H13ClN2O2. The van der Waals surface area contributed by atoms with E-state index in [-0.39, 0.29) is 5.56 Å². The quantitative estimate of drug-likeness (QED) is 0.822. The summed E-state index contributed by atoms with van der Waals surface area (Å²) < 4.78 is 0. The van der Waals surface area contributed by atoms with Gasteiger partial charge >= 0.3 is 5.97 Å². The van der Waals surface area contributed by atoms with Crippen LogP contribution in [0.2, 0.25) is 5.02 Å². The number of anilines is 1. The van der Waals surface area contributed by atoms with Gasteiger partial charge in [-0.25, -0.2) is 4.79 Å². The van der Waals surface area contributed by atoms with Gasteiger partial charge in [-0.1, -0.05) is 11.6 Å². The normalized spacial score (nSPS) is 16.2. The number of piperazine rings is 1. The molecule has 0 spiro atoms. The van der Waals surface area contributed by atoms with Gasteiger partial charge in [-0.3, -0.25) is 0 Å². The fraction of sp³-hybridized carbons (Fsp3) is 0.364. The third-order valence-electron chi connectivity index (χ3n) is 2.65. The Labute approximate surface area is 98.8 Å². The molecule has 5 heteroatoms. The van der Waals surface area contributed by atoms with Gasteiger partial charge in [0, 0.05) is 26.2 Å². The molecule has 1 aromatic carbocycles. The smallest absolute Gasteiger partial charge is 0.335 e. The monoisotopic (exact) mass is 240 g/mol. The lowest BCUT2D eigenvalue weighted by molar-refractivity contribution is 0.0697. The first-order valence-corrected chi connectivity index (χ1v) is 5.55. The third kappa shape index (κ3) is 2.28. The molecule has 0 amide bonds. The summed E-state index contributed by atoms with van der Waals surface area (Å²) in [5, 5.41) is 12.6. The Morgan fingerprint density at radius 1 is 1.38 bits per heavy atom. The Morgan fingerprint density at radius 3 is 2.62 bits per heavy atom. The first-order chi connectivity index (χ1) is 7.68. The van der Waals surface area contributed by atoms with Crippen LogP contribution >= 0.6 is 11.6 Å². The molecule has 16 heavy (non-hydrogen) atoms. The van der Waals surface area contributed by atoms with Gasteiger partial charge < -0.3 is 15.3 Å². The van der Waals surface area contributed by atoms with Gasteiger partial charge in [-0.2, -0.15) is 0 Å². The van der Waals surface area contributed by atoms with Crippen LogP contribution in [0.5, 0.6) is 0 Å². The highest BCUT2D eigenvalue weighted by atomic mass is 35.5. The van der Waals surface area contributed by atoms with Crippen molar-refractivity contribution in [1.29, 1.82) is 0 Å². The molecule has 1 aliphatic rings. The van der Waals surface area contributed by atoms with Crippen molar-refractivity contribution in [1.82, 2.24) is 5.32 Å². The summed E-state index contributed by atoms with van der Waals surface area (Å²) in [6, 6.07) is 4.87. The van der Waals surface area contributed by atoms with Crippen molar-refractivity contribution in [3.63, 3.8) is 0 Å². The average molecular weight is 241 g/mol. The number of hydrogen-bond donors (Lipinski definition) is 2. The molecule has 86 valence electrons. The average Bonchev–Trinajstić information content (AvgIpc) is 2.30. The molecule has 1 heterocycles. The summed E-state index contributed by atoms with van der Waals surface area (Å²) in [6.07, 6.45) is 0. The van der Waals surface area contributed by atoms with Gasteiger partial charge in [0.05, 0.1) is 16.3 Å². The zero-order valence-corrected chi connectivity index (χ0v) is 9.50. The predicted octanol–water partition coefficient (Wildman–Crippen LogP) is 1.45. The predicted molar refractivity (Wildman–Crippen MR) is 63.5 cm³/mol. The Balaban J connectivity index is 2.24. The van der Waals surface area contributed by atoms with E-state index in [1.807, 2.05) is 0 Å². The first-order valence-electron chi connectivity index (χ1n) is 5.17. The van der Waals surface area contributed by atoms with Gasteiger partial charge in [0.2, 0.25) is 0 Å². The molecule has 0 aliphatic carbocycles. The molecule has 0 bridgehead atoms. The summed E-state index contributed by atoms with van der Waals surface area (Å²) in [5.74, 6) is -0.950. The summed E-state index contributed by atoms with van der Waals surface area (Å²) in [4.78, 5) is 12.9. The lowest BCUT2D eigenvalue weighted by Crippen LogP contribution is -2.43. The topological polar surface area (TPSA) is 52.6 Å². The van der Waals surface area contributed by atoms with E-state index in [0.29, 0.717) is 5.02 Å². The van der Waals surface area contributed by atoms with E-state index in [2.05, 4.69) is 10.2 Å². The Kier molecular flexibility index (Phi) is 3.31. The second kappa shape index (κ2) is 4.72. The van der Waals surface area contributed by atoms with Crippen LogP contribution in [0.3, 0.4) is 0 Å². The molecule has 0 unspecified atom stereocenters. The SMILES string of the molecule is O=C(O)c1ccc(N2CCNCC2)c(Cl)c1. The molecule has 1 aliphatic heterocycles. The number of benzene rings is 1. The molecule has 0 radical (unpaired) electrons. The van der Waals surface area contributed by atoms with Gasteiger partial charge in [0.25, 0.3) is 0 Å². The highest BCUT2D eigenvalue weighted by molar-refractivity contribution is 6.33. The number of carboxylic acid groups (broad SMARTS) is 1. The zero-order chi connectivity index (χ0) is 11.5. The van der Waals surface area contributed by atoms with Crippen molar-refractivity contribution >= 4 is 23.3 Å².